The molecule has 1 amide bonds. The first-order valence-corrected chi connectivity index (χ1v) is 10.4. The molecule has 2 heterocycles. The van der Waals surface area contributed by atoms with Crippen LogP contribution in [0.1, 0.15) is 59.3 Å². The molecule has 0 bridgehead atoms. The predicted octanol–water partition coefficient (Wildman–Crippen LogP) is 5.38. The maximum absolute atomic E-state index is 13.3. The van der Waals surface area contributed by atoms with Crippen molar-refractivity contribution in [3.63, 3.8) is 0 Å². The quantitative estimate of drug-likeness (QED) is 0.541. The summed E-state index contributed by atoms with van der Waals surface area (Å²) in [6.07, 6.45) is 0.130. The topological polar surface area (TPSA) is 64.0 Å². The summed E-state index contributed by atoms with van der Waals surface area (Å²) in [6.45, 7) is 6.12. The van der Waals surface area contributed by atoms with E-state index in [1.54, 1.807) is 4.68 Å². The maximum Gasteiger partial charge on any atom is 0.226 e. The number of Topliss-reactive ketones (excluding diaryl/α,β-unsaturated/α-hetero) is 1. The van der Waals surface area contributed by atoms with Crippen LogP contribution in [-0.4, -0.2) is 21.5 Å². The Morgan fingerprint density at radius 1 is 1.14 bits per heavy atom. The van der Waals surface area contributed by atoms with E-state index in [4.69, 9.17) is 0 Å². The van der Waals surface area contributed by atoms with Gasteiger partial charge in [0.25, 0.3) is 0 Å². The number of rotatable bonds is 4. The molecule has 0 saturated carbocycles. The highest BCUT2D eigenvalue weighted by Gasteiger charge is 2.36. The molecule has 1 aliphatic heterocycles. The van der Waals surface area contributed by atoms with Crippen LogP contribution in [0.15, 0.2) is 53.0 Å². The lowest BCUT2D eigenvalue weighted by Crippen LogP contribution is -2.28. The molecule has 1 N–H and O–H groups in total. The lowest BCUT2D eigenvalue weighted by molar-refractivity contribution is -0.116. The highest BCUT2D eigenvalue weighted by Crippen LogP contribution is 2.38. The van der Waals surface area contributed by atoms with Gasteiger partial charge in [-0.2, -0.15) is 5.10 Å². The number of carbonyl (C=O) groups is 2. The van der Waals surface area contributed by atoms with Gasteiger partial charge in [0, 0.05) is 22.0 Å². The summed E-state index contributed by atoms with van der Waals surface area (Å²) in [6, 6.07) is 15.4. The SMILES string of the molecule is Cc1nn(-c2ccc(Br)cc2)c2c1C(C(=O)c1ccc(C(C)C)cc1)CC(=O)N2. The van der Waals surface area contributed by atoms with Gasteiger partial charge in [0.1, 0.15) is 5.82 Å². The molecule has 0 radical (unpaired) electrons. The van der Waals surface area contributed by atoms with Gasteiger partial charge in [-0.3, -0.25) is 9.59 Å². The minimum Gasteiger partial charge on any atom is -0.310 e. The Labute approximate surface area is 178 Å². The smallest absolute Gasteiger partial charge is 0.226 e. The van der Waals surface area contributed by atoms with E-state index >= 15 is 0 Å². The number of aryl methyl sites for hydroxylation is 1. The Bertz CT molecular complexity index is 1080. The number of hydrogen-bond acceptors (Lipinski definition) is 3. The fourth-order valence-corrected chi connectivity index (χ4v) is 4.04. The molecule has 5 nitrogen and oxygen atoms in total. The van der Waals surface area contributed by atoms with Crippen LogP contribution in [0.4, 0.5) is 5.82 Å². The number of ketones is 1. The number of aromatic nitrogens is 2. The number of amides is 1. The van der Waals surface area contributed by atoms with Crippen LogP contribution in [0.25, 0.3) is 5.69 Å². The van der Waals surface area contributed by atoms with Gasteiger partial charge >= 0.3 is 0 Å². The van der Waals surface area contributed by atoms with Crippen molar-refractivity contribution in [3.8, 4) is 5.69 Å². The minimum atomic E-state index is -0.534. The first kappa shape index (κ1) is 19.6. The number of nitrogens with one attached hydrogen (secondary N) is 1. The molecule has 0 aliphatic carbocycles. The monoisotopic (exact) mass is 451 g/mol. The molecular weight excluding hydrogens is 430 g/mol. The lowest BCUT2D eigenvalue weighted by Gasteiger charge is -2.23. The van der Waals surface area contributed by atoms with E-state index < -0.39 is 5.92 Å². The van der Waals surface area contributed by atoms with Gasteiger partial charge in [-0.25, -0.2) is 4.68 Å². The fourth-order valence-electron chi connectivity index (χ4n) is 3.77. The van der Waals surface area contributed by atoms with Crippen molar-refractivity contribution >= 4 is 33.4 Å². The Balaban J connectivity index is 1.75. The highest BCUT2D eigenvalue weighted by atomic mass is 79.9. The summed E-state index contributed by atoms with van der Waals surface area (Å²) in [5, 5.41) is 7.55. The third-order valence-electron chi connectivity index (χ3n) is 5.35. The Hall–Kier alpha value is -2.73. The Morgan fingerprint density at radius 3 is 2.41 bits per heavy atom. The number of hydrogen-bond donors (Lipinski definition) is 1. The second kappa shape index (κ2) is 7.59. The van der Waals surface area contributed by atoms with E-state index in [0.29, 0.717) is 17.3 Å². The van der Waals surface area contributed by atoms with Crippen LogP contribution in [0.2, 0.25) is 0 Å². The van der Waals surface area contributed by atoms with Crippen LogP contribution < -0.4 is 5.32 Å². The average molecular weight is 452 g/mol. The number of halogens is 1. The molecule has 0 fully saturated rings. The van der Waals surface area contributed by atoms with Crippen LogP contribution >= 0.6 is 15.9 Å². The third-order valence-corrected chi connectivity index (χ3v) is 5.88. The van der Waals surface area contributed by atoms with Gasteiger partial charge in [-0.15, -0.1) is 0 Å². The maximum atomic E-state index is 13.3. The number of anilines is 1. The Kier molecular flexibility index (Phi) is 5.13. The fraction of sp³-hybridized carbons (Fsp3) is 0.261. The van der Waals surface area contributed by atoms with Gasteiger partial charge in [0.15, 0.2) is 5.78 Å². The molecule has 148 valence electrons. The molecule has 3 aromatic rings. The van der Waals surface area contributed by atoms with Gasteiger partial charge in [0.2, 0.25) is 5.91 Å². The summed E-state index contributed by atoms with van der Waals surface area (Å²) >= 11 is 3.43. The van der Waals surface area contributed by atoms with Crippen LogP contribution in [0.3, 0.4) is 0 Å². The first-order valence-electron chi connectivity index (χ1n) is 9.64. The van der Waals surface area contributed by atoms with E-state index in [0.717, 1.165) is 21.4 Å². The summed E-state index contributed by atoms with van der Waals surface area (Å²) in [7, 11) is 0. The van der Waals surface area contributed by atoms with Crippen molar-refractivity contribution in [2.24, 2.45) is 0 Å². The van der Waals surface area contributed by atoms with E-state index in [1.165, 1.54) is 5.56 Å². The molecule has 6 heteroatoms. The number of nitrogens with zero attached hydrogens (tertiary/aromatic N) is 2. The van der Waals surface area contributed by atoms with Crippen molar-refractivity contribution in [1.82, 2.24) is 9.78 Å². The molecule has 0 spiro atoms. The van der Waals surface area contributed by atoms with Crippen molar-refractivity contribution < 1.29 is 9.59 Å². The third kappa shape index (κ3) is 3.65. The van der Waals surface area contributed by atoms with Crippen molar-refractivity contribution in [2.45, 2.75) is 39.0 Å². The van der Waals surface area contributed by atoms with Crippen LogP contribution in [0, 0.1) is 6.92 Å². The zero-order valence-corrected chi connectivity index (χ0v) is 18.2. The predicted molar refractivity (Wildman–Crippen MR) is 117 cm³/mol. The summed E-state index contributed by atoms with van der Waals surface area (Å²) in [5.41, 5.74) is 4.18. The van der Waals surface area contributed by atoms with E-state index in [1.807, 2.05) is 55.5 Å². The van der Waals surface area contributed by atoms with Gasteiger partial charge in [0.05, 0.1) is 17.3 Å². The zero-order chi connectivity index (χ0) is 20.7. The lowest BCUT2D eigenvalue weighted by atomic mass is 9.85. The zero-order valence-electron chi connectivity index (χ0n) is 16.6. The van der Waals surface area contributed by atoms with E-state index in [9.17, 15) is 9.59 Å². The molecule has 1 unspecified atom stereocenters. The second-order valence-corrected chi connectivity index (χ2v) is 8.60. The van der Waals surface area contributed by atoms with Crippen LogP contribution in [-0.2, 0) is 4.79 Å². The summed E-state index contributed by atoms with van der Waals surface area (Å²) < 4.78 is 2.66. The molecule has 2 aromatic carbocycles. The van der Waals surface area contributed by atoms with Crippen molar-refractivity contribution in [2.75, 3.05) is 5.32 Å². The molecule has 1 aliphatic rings. The Morgan fingerprint density at radius 2 is 1.79 bits per heavy atom. The molecular formula is C23H22BrN3O2. The number of fused-ring (bicyclic) bond motifs is 1. The molecule has 4 rings (SSSR count). The standard InChI is InChI=1S/C23H22BrN3O2/c1-13(2)15-4-6-16(7-5-15)22(29)19-12-20(28)25-23-21(19)14(3)26-27(23)18-10-8-17(24)9-11-18/h4-11,13,19H,12H2,1-3H3,(H,25,28). The summed E-state index contributed by atoms with van der Waals surface area (Å²) in [5.74, 6) is 0.228. The van der Waals surface area contributed by atoms with E-state index in [-0.39, 0.29) is 18.1 Å². The largest absolute Gasteiger partial charge is 0.310 e. The van der Waals surface area contributed by atoms with Gasteiger partial charge in [-0.05, 0) is 42.7 Å². The normalized spacial score (nSPS) is 15.9. The molecule has 1 aromatic heterocycles. The first-order chi connectivity index (χ1) is 13.8. The van der Waals surface area contributed by atoms with E-state index in [2.05, 4.69) is 40.2 Å². The molecule has 1 atom stereocenters. The number of benzene rings is 2. The summed E-state index contributed by atoms with van der Waals surface area (Å²) in [4.78, 5) is 25.8. The van der Waals surface area contributed by atoms with Gasteiger partial charge in [-0.1, -0.05) is 54.0 Å². The second-order valence-electron chi connectivity index (χ2n) is 7.68. The van der Waals surface area contributed by atoms with Gasteiger partial charge < -0.3 is 5.32 Å². The number of carbonyl (C=O) groups excluding carboxylic acids is 2. The minimum absolute atomic E-state index is 0.0464. The van der Waals surface area contributed by atoms with Crippen LogP contribution in [0.5, 0.6) is 0 Å². The molecule has 29 heavy (non-hydrogen) atoms. The van der Waals surface area contributed by atoms with Crippen molar-refractivity contribution in [3.05, 3.63) is 75.4 Å². The highest BCUT2D eigenvalue weighted by molar-refractivity contribution is 9.10. The van der Waals surface area contributed by atoms with Crippen molar-refractivity contribution in [1.29, 1.82) is 0 Å². The average Bonchev–Trinajstić information content (AvgIpc) is 3.03. The molecule has 0 saturated heterocycles.